The lowest BCUT2D eigenvalue weighted by Gasteiger charge is -2.26. The van der Waals surface area contributed by atoms with Crippen LogP contribution in [0.3, 0.4) is 0 Å². The van der Waals surface area contributed by atoms with Gasteiger partial charge >= 0.3 is 0 Å². The van der Waals surface area contributed by atoms with E-state index in [-0.39, 0.29) is 5.82 Å². The molecule has 2 N–H and O–H groups in total. The van der Waals surface area contributed by atoms with Crippen LogP contribution in [0.2, 0.25) is 0 Å². The first-order chi connectivity index (χ1) is 13.7. The molecule has 0 radical (unpaired) electrons. The molecule has 0 saturated carbocycles. The number of nitrogens with zero attached hydrogens (tertiary/aromatic N) is 4. The van der Waals surface area contributed by atoms with Crippen LogP contribution in [-0.4, -0.2) is 53.1 Å². The SMILES string of the molecule is CCNC(=NCc1ccc(-n2ccnc2C)c(F)c1)NCCN1CCCCC1. The van der Waals surface area contributed by atoms with Gasteiger partial charge in [0.25, 0.3) is 0 Å². The van der Waals surface area contributed by atoms with Crippen LogP contribution in [-0.2, 0) is 6.54 Å². The number of piperidine rings is 1. The number of guanidine groups is 1. The fourth-order valence-corrected chi connectivity index (χ4v) is 3.50. The Hall–Kier alpha value is -2.41. The molecule has 7 heteroatoms. The lowest BCUT2D eigenvalue weighted by molar-refractivity contribution is 0.232. The minimum atomic E-state index is -0.267. The van der Waals surface area contributed by atoms with Gasteiger partial charge in [0.05, 0.1) is 12.2 Å². The molecule has 1 aromatic heterocycles. The van der Waals surface area contributed by atoms with Crippen molar-refractivity contribution in [3.8, 4) is 5.69 Å². The van der Waals surface area contributed by atoms with Crippen LogP contribution >= 0.6 is 0 Å². The number of hydrogen-bond donors (Lipinski definition) is 2. The molecule has 1 saturated heterocycles. The van der Waals surface area contributed by atoms with Gasteiger partial charge in [-0.15, -0.1) is 0 Å². The number of imidazole rings is 1. The zero-order valence-corrected chi connectivity index (χ0v) is 16.9. The number of halogens is 1. The standard InChI is InChI=1S/C21H31FN6/c1-3-23-21(25-9-13-27-11-5-4-6-12-27)26-16-18-7-8-20(19(22)15-18)28-14-10-24-17(28)2/h7-8,10,14-15H,3-6,9,11-13,16H2,1-2H3,(H2,23,25,26). The van der Waals surface area contributed by atoms with Crippen molar-refractivity contribution >= 4 is 5.96 Å². The second-order valence-corrected chi connectivity index (χ2v) is 7.15. The summed E-state index contributed by atoms with van der Waals surface area (Å²) in [6.45, 7) is 9.40. The maximum absolute atomic E-state index is 14.5. The predicted octanol–water partition coefficient (Wildman–Crippen LogP) is 2.86. The Balaban J connectivity index is 1.57. The van der Waals surface area contributed by atoms with E-state index in [1.807, 2.05) is 19.9 Å². The van der Waals surface area contributed by atoms with Gasteiger partial charge < -0.3 is 20.1 Å². The van der Waals surface area contributed by atoms with Crippen LogP contribution in [0, 0.1) is 12.7 Å². The number of aryl methyl sites for hydroxylation is 1. The maximum atomic E-state index is 14.5. The van der Waals surface area contributed by atoms with Crippen LogP contribution in [0.25, 0.3) is 5.69 Å². The Morgan fingerprint density at radius 3 is 2.71 bits per heavy atom. The van der Waals surface area contributed by atoms with E-state index < -0.39 is 0 Å². The first-order valence-corrected chi connectivity index (χ1v) is 10.2. The predicted molar refractivity (Wildman–Crippen MR) is 111 cm³/mol. The minimum Gasteiger partial charge on any atom is -0.357 e. The van der Waals surface area contributed by atoms with Crippen molar-refractivity contribution in [3.05, 3.63) is 47.8 Å². The van der Waals surface area contributed by atoms with E-state index in [4.69, 9.17) is 0 Å². The lowest BCUT2D eigenvalue weighted by Crippen LogP contribution is -2.42. The van der Waals surface area contributed by atoms with Crippen molar-refractivity contribution in [1.82, 2.24) is 25.1 Å². The van der Waals surface area contributed by atoms with Gasteiger partial charge in [0.2, 0.25) is 0 Å². The molecule has 152 valence electrons. The Morgan fingerprint density at radius 2 is 2.04 bits per heavy atom. The van der Waals surface area contributed by atoms with E-state index in [0.29, 0.717) is 12.2 Å². The van der Waals surface area contributed by atoms with Crippen molar-refractivity contribution in [2.24, 2.45) is 4.99 Å². The Labute approximate surface area is 166 Å². The summed E-state index contributed by atoms with van der Waals surface area (Å²) in [5.74, 6) is 1.27. The molecule has 6 nitrogen and oxygen atoms in total. The second kappa shape index (κ2) is 10.2. The largest absolute Gasteiger partial charge is 0.357 e. The summed E-state index contributed by atoms with van der Waals surface area (Å²) in [5.41, 5.74) is 1.35. The van der Waals surface area contributed by atoms with Gasteiger partial charge in [0, 0.05) is 32.0 Å². The summed E-state index contributed by atoms with van der Waals surface area (Å²) in [4.78, 5) is 11.3. The van der Waals surface area contributed by atoms with Crippen LogP contribution in [0.1, 0.15) is 37.6 Å². The highest BCUT2D eigenvalue weighted by molar-refractivity contribution is 5.79. The minimum absolute atomic E-state index is 0.267. The number of nitrogens with one attached hydrogen (secondary N) is 2. The highest BCUT2D eigenvalue weighted by Gasteiger charge is 2.10. The molecule has 0 aliphatic carbocycles. The molecule has 3 rings (SSSR count). The van der Waals surface area contributed by atoms with Gasteiger partial charge in [-0.3, -0.25) is 0 Å². The Morgan fingerprint density at radius 1 is 1.21 bits per heavy atom. The number of hydrogen-bond acceptors (Lipinski definition) is 3. The first-order valence-electron chi connectivity index (χ1n) is 10.2. The summed E-state index contributed by atoms with van der Waals surface area (Å²) < 4.78 is 16.3. The average Bonchev–Trinajstić information content (AvgIpc) is 3.12. The van der Waals surface area contributed by atoms with Crippen molar-refractivity contribution in [1.29, 1.82) is 0 Å². The molecule has 1 aromatic carbocycles. The van der Waals surface area contributed by atoms with Gasteiger partial charge in [-0.25, -0.2) is 14.4 Å². The van der Waals surface area contributed by atoms with E-state index in [1.165, 1.54) is 32.4 Å². The molecule has 0 bridgehead atoms. The third kappa shape index (κ3) is 5.55. The van der Waals surface area contributed by atoms with Gasteiger partial charge in [0.15, 0.2) is 5.96 Å². The molecule has 0 unspecified atom stereocenters. The molecule has 0 atom stereocenters. The summed E-state index contributed by atoms with van der Waals surface area (Å²) in [7, 11) is 0. The quantitative estimate of drug-likeness (QED) is 0.568. The van der Waals surface area contributed by atoms with Crippen LogP contribution < -0.4 is 10.6 Å². The van der Waals surface area contributed by atoms with Crippen molar-refractivity contribution in [3.63, 3.8) is 0 Å². The lowest BCUT2D eigenvalue weighted by atomic mass is 10.1. The van der Waals surface area contributed by atoms with Gasteiger partial charge in [-0.1, -0.05) is 12.5 Å². The molecular formula is C21H31FN6. The number of aromatic nitrogens is 2. The first kappa shape index (κ1) is 20.3. The molecule has 2 heterocycles. The molecule has 1 fully saturated rings. The molecule has 1 aliphatic rings. The summed E-state index contributed by atoms with van der Waals surface area (Å²) >= 11 is 0. The fraction of sp³-hybridized carbons (Fsp3) is 0.524. The summed E-state index contributed by atoms with van der Waals surface area (Å²) in [5, 5.41) is 6.65. The normalized spacial score (nSPS) is 15.6. The Kier molecular flexibility index (Phi) is 7.42. The van der Waals surface area contributed by atoms with E-state index in [9.17, 15) is 4.39 Å². The zero-order chi connectivity index (χ0) is 19.8. The molecule has 2 aromatic rings. The Bertz CT molecular complexity index is 779. The highest BCUT2D eigenvalue weighted by Crippen LogP contribution is 2.17. The molecule has 1 aliphatic heterocycles. The monoisotopic (exact) mass is 386 g/mol. The van der Waals surface area contributed by atoms with Crippen LogP contribution in [0.4, 0.5) is 4.39 Å². The average molecular weight is 387 g/mol. The van der Waals surface area contributed by atoms with Crippen molar-refractivity contribution in [2.45, 2.75) is 39.7 Å². The third-order valence-corrected chi connectivity index (χ3v) is 5.03. The molecule has 0 spiro atoms. The van der Waals surface area contributed by atoms with E-state index >= 15 is 0 Å². The molecular weight excluding hydrogens is 355 g/mol. The maximum Gasteiger partial charge on any atom is 0.191 e. The smallest absolute Gasteiger partial charge is 0.191 e. The summed E-state index contributed by atoms with van der Waals surface area (Å²) in [6.07, 6.45) is 7.39. The van der Waals surface area contributed by atoms with E-state index in [0.717, 1.165) is 37.0 Å². The zero-order valence-electron chi connectivity index (χ0n) is 16.9. The van der Waals surface area contributed by atoms with Gasteiger partial charge in [-0.05, 0) is 57.5 Å². The van der Waals surface area contributed by atoms with Crippen LogP contribution in [0.15, 0.2) is 35.6 Å². The third-order valence-electron chi connectivity index (χ3n) is 5.03. The van der Waals surface area contributed by atoms with Crippen molar-refractivity contribution in [2.75, 3.05) is 32.7 Å². The topological polar surface area (TPSA) is 57.5 Å². The fourth-order valence-electron chi connectivity index (χ4n) is 3.50. The van der Waals surface area contributed by atoms with E-state index in [2.05, 4.69) is 25.5 Å². The molecule has 0 amide bonds. The number of benzene rings is 1. The van der Waals surface area contributed by atoms with Crippen molar-refractivity contribution < 1.29 is 4.39 Å². The number of aliphatic imine (C=N–C) groups is 1. The molecule has 28 heavy (non-hydrogen) atoms. The number of likely N-dealkylation sites (tertiary alicyclic amines) is 1. The highest BCUT2D eigenvalue weighted by atomic mass is 19.1. The summed E-state index contributed by atoms with van der Waals surface area (Å²) in [6, 6.07) is 5.25. The second-order valence-electron chi connectivity index (χ2n) is 7.15. The van der Waals surface area contributed by atoms with Gasteiger partial charge in [0.1, 0.15) is 11.6 Å². The van der Waals surface area contributed by atoms with Gasteiger partial charge in [-0.2, -0.15) is 0 Å². The van der Waals surface area contributed by atoms with E-state index in [1.54, 1.807) is 29.1 Å². The van der Waals surface area contributed by atoms with Crippen LogP contribution in [0.5, 0.6) is 0 Å². The number of rotatable bonds is 7.